The normalized spacial score (nSPS) is 22.5. The van der Waals surface area contributed by atoms with Crippen molar-refractivity contribution in [1.82, 2.24) is 15.3 Å². The lowest BCUT2D eigenvalue weighted by Gasteiger charge is -2.24. The van der Waals surface area contributed by atoms with Crippen LogP contribution >= 0.6 is 15.9 Å². The van der Waals surface area contributed by atoms with E-state index in [1.807, 2.05) is 18.2 Å². The van der Waals surface area contributed by atoms with Gasteiger partial charge in [-0.25, -0.2) is 9.78 Å². The molecule has 0 saturated heterocycles. The summed E-state index contributed by atoms with van der Waals surface area (Å²) in [6, 6.07) is 10.3. The minimum atomic E-state index is -1.02. The van der Waals surface area contributed by atoms with Crippen LogP contribution in [0.2, 0.25) is 0 Å². The summed E-state index contributed by atoms with van der Waals surface area (Å²) in [4.78, 5) is 18.1. The quantitative estimate of drug-likeness (QED) is 0.540. The second-order valence-electron chi connectivity index (χ2n) is 5.65. The number of halogens is 1. The maximum absolute atomic E-state index is 10.5. The number of amides is 1. The molecule has 124 valence electrons. The average Bonchev–Trinajstić information content (AvgIpc) is 3.06. The summed E-state index contributed by atoms with van der Waals surface area (Å²) in [6.45, 7) is 0.333. The van der Waals surface area contributed by atoms with Gasteiger partial charge < -0.3 is 15.4 Å². The molecule has 0 spiro atoms. The van der Waals surface area contributed by atoms with E-state index < -0.39 is 10.4 Å². The van der Waals surface area contributed by atoms with Crippen LogP contribution in [0, 0.1) is 0 Å². The number of rotatable bonds is 5. The number of nitrogens with one attached hydrogen (secondary N) is 2. The molecule has 0 bridgehead atoms. The maximum Gasteiger partial charge on any atom is 0.404 e. The second kappa shape index (κ2) is 7.05. The zero-order chi connectivity index (χ0) is 17.0. The number of aromatic amines is 1. The highest BCUT2D eigenvalue weighted by Gasteiger charge is 2.28. The first-order chi connectivity index (χ1) is 11.6. The third kappa shape index (κ3) is 3.76. The van der Waals surface area contributed by atoms with Crippen LogP contribution in [0.3, 0.4) is 0 Å². The van der Waals surface area contributed by atoms with Crippen molar-refractivity contribution in [3.63, 3.8) is 0 Å². The van der Waals surface area contributed by atoms with Gasteiger partial charge in [0.1, 0.15) is 10.1 Å². The van der Waals surface area contributed by atoms with Crippen molar-refractivity contribution in [3.8, 4) is 0 Å². The van der Waals surface area contributed by atoms with Gasteiger partial charge >= 0.3 is 6.09 Å². The van der Waals surface area contributed by atoms with Crippen molar-refractivity contribution >= 4 is 22.0 Å². The van der Waals surface area contributed by atoms with Crippen molar-refractivity contribution < 1.29 is 9.90 Å². The number of H-pyrrole nitrogens is 1. The molecule has 24 heavy (non-hydrogen) atoms. The molecule has 1 amide bonds. The molecule has 1 heterocycles. The summed E-state index contributed by atoms with van der Waals surface area (Å²) >= 11 is 3.75. The van der Waals surface area contributed by atoms with Crippen LogP contribution in [0.15, 0.2) is 60.8 Å². The van der Waals surface area contributed by atoms with Crippen LogP contribution in [0.4, 0.5) is 4.79 Å². The summed E-state index contributed by atoms with van der Waals surface area (Å²) in [6.07, 6.45) is 9.82. The van der Waals surface area contributed by atoms with Crippen molar-refractivity contribution in [2.24, 2.45) is 0 Å². The van der Waals surface area contributed by atoms with E-state index >= 15 is 0 Å². The fourth-order valence-corrected chi connectivity index (χ4v) is 3.16. The highest BCUT2D eigenvalue weighted by molar-refractivity contribution is 9.09. The molecule has 1 aromatic heterocycles. The largest absolute Gasteiger partial charge is 0.465 e. The zero-order valence-electron chi connectivity index (χ0n) is 12.9. The third-order valence-electron chi connectivity index (χ3n) is 3.96. The lowest BCUT2D eigenvalue weighted by atomic mass is 9.89. The molecule has 6 heteroatoms. The SMILES string of the molecule is O=C(O)NCCc1ncc(C2(Br)C=CC(c3ccccc3)C=C2)[nH]1. The van der Waals surface area contributed by atoms with Gasteiger partial charge in [-0.15, -0.1) is 0 Å². The molecule has 0 radical (unpaired) electrons. The molecular formula is C18H18BrN3O2. The smallest absolute Gasteiger partial charge is 0.404 e. The molecule has 1 aromatic carbocycles. The molecule has 0 fully saturated rings. The lowest BCUT2D eigenvalue weighted by molar-refractivity contribution is 0.194. The van der Waals surface area contributed by atoms with Crippen LogP contribution in [-0.4, -0.2) is 27.7 Å². The Morgan fingerprint density at radius 1 is 1.29 bits per heavy atom. The molecule has 0 atom stereocenters. The van der Waals surface area contributed by atoms with Crippen LogP contribution in [0.25, 0.3) is 0 Å². The predicted octanol–water partition coefficient (Wildman–Crippen LogP) is 3.72. The number of hydrogen-bond acceptors (Lipinski definition) is 2. The van der Waals surface area contributed by atoms with Crippen LogP contribution in [0.5, 0.6) is 0 Å². The lowest BCUT2D eigenvalue weighted by Crippen LogP contribution is -2.23. The minimum absolute atomic E-state index is 0.263. The zero-order valence-corrected chi connectivity index (χ0v) is 14.5. The van der Waals surface area contributed by atoms with E-state index in [0.29, 0.717) is 13.0 Å². The highest BCUT2D eigenvalue weighted by Crippen LogP contribution is 2.39. The Labute approximate surface area is 148 Å². The van der Waals surface area contributed by atoms with Crippen molar-refractivity contribution in [1.29, 1.82) is 0 Å². The number of hydrogen-bond donors (Lipinski definition) is 3. The molecule has 3 N–H and O–H groups in total. The van der Waals surface area contributed by atoms with Crippen LogP contribution in [-0.2, 0) is 10.7 Å². The molecule has 1 aliphatic carbocycles. The molecule has 2 aromatic rings. The number of alkyl halides is 1. The Balaban J connectivity index is 1.68. The monoisotopic (exact) mass is 387 g/mol. The number of imidazole rings is 1. The predicted molar refractivity (Wildman–Crippen MR) is 96.4 cm³/mol. The highest BCUT2D eigenvalue weighted by atomic mass is 79.9. The number of benzene rings is 1. The Morgan fingerprint density at radius 2 is 2.00 bits per heavy atom. The van der Waals surface area contributed by atoms with E-state index in [1.54, 1.807) is 6.20 Å². The fourth-order valence-electron chi connectivity index (χ4n) is 2.66. The van der Waals surface area contributed by atoms with Gasteiger partial charge in [0.15, 0.2) is 0 Å². The van der Waals surface area contributed by atoms with Gasteiger partial charge in [-0.2, -0.15) is 0 Å². The van der Waals surface area contributed by atoms with Gasteiger partial charge in [-0.05, 0) is 5.56 Å². The fraction of sp³-hybridized carbons (Fsp3) is 0.222. The van der Waals surface area contributed by atoms with E-state index in [-0.39, 0.29) is 5.92 Å². The number of aromatic nitrogens is 2. The Morgan fingerprint density at radius 3 is 2.67 bits per heavy atom. The van der Waals surface area contributed by atoms with Crippen molar-refractivity contribution in [2.75, 3.05) is 6.54 Å². The summed E-state index contributed by atoms with van der Waals surface area (Å²) in [5, 5.41) is 10.9. The van der Waals surface area contributed by atoms with E-state index in [9.17, 15) is 4.79 Å². The first-order valence-electron chi connectivity index (χ1n) is 7.70. The third-order valence-corrected chi connectivity index (χ3v) is 4.91. The van der Waals surface area contributed by atoms with Crippen molar-refractivity contribution in [3.05, 3.63) is 77.9 Å². The number of nitrogens with zero attached hydrogens (tertiary/aromatic N) is 1. The van der Waals surface area contributed by atoms with E-state index in [2.05, 4.69) is 67.7 Å². The van der Waals surface area contributed by atoms with Gasteiger partial charge in [-0.1, -0.05) is 70.6 Å². The molecule has 0 aliphatic heterocycles. The van der Waals surface area contributed by atoms with E-state index in [4.69, 9.17) is 5.11 Å². The van der Waals surface area contributed by atoms with Crippen molar-refractivity contribution in [2.45, 2.75) is 16.7 Å². The van der Waals surface area contributed by atoms with Gasteiger partial charge in [0.2, 0.25) is 0 Å². The van der Waals surface area contributed by atoms with Gasteiger partial charge in [0.25, 0.3) is 0 Å². The second-order valence-corrected chi connectivity index (χ2v) is 6.96. The number of carbonyl (C=O) groups is 1. The summed E-state index contributed by atoms with van der Waals surface area (Å²) < 4.78 is -0.413. The van der Waals surface area contributed by atoms with Gasteiger partial charge in [0, 0.05) is 18.9 Å². The molecule has 3 rings (SSSR count). The molecular weight excluding hydrogens is 370 g/mol. The molecule has 1 aliphatic rings. The first-order valence-corrected chi connectivity index (χ1v) is 8.50. The molecule has 0 saturated carbocycles. The van der Waals surface area contributed by atoms with E-state index in [0.717, 1.165) is 11.5 Å². The standard InChI is InChI=1S/C18H18BrN3O2/c19-18(15-12-21-16(22-15)8-11-20-17(23)24)9-6-14(7-10-18)13-4-2-1-3-5-13/h1-7,9-10,12,14,20H,8,11H2,(H,21,22)(H,23,24). The van der Waals surface area contributed by atoms with Gasteiger partial charge in [0.05, 0.1) is 11.9 Å². The van der Waals surface area contributed by atoms with Crippen LogP contribution in [0.1, 0.15) is 23.0 Å². The van der Waals surface area contributed by atoms with E-state index in [1.165, 1.54) is 5.56 Å². The first kappa shape index (κ1) is 16.5. The minimum Gasteiger partial charge on any atom is -0.465 e. The summed E-state index contributed by atoms with van der Waals surface area (Å²) in [7, 11) is 0. The molecule has 0 unspecified atom stereocenters. The summed E-state index contributed by atoms with van der Waals surface area (Å²) in [5.74, 6) is 1.02. The Bertz CT molecular complexity index is 754. The van der Waals surface area contributed by atoms with Crippen LogP contribution < -0.4 is 5.32 Å². The Kier molecular flexibility index (Phi) is 4.85. The number of allylic oxidation sites excluding steroid dienone is 4. The number of carboxylic acid groups (broad SMARTS) is 1. The topological polar surface area (TPSA) is 78.0 Å². The summed E-state index contributed by atoms with van der Waals surface area (Å²) in [5.41, 5.74) is 2.18. The molecule has 5 nitrogen and oxygen atoms in total. The Hall–Kier alpha value is -2.34. The average molecular weight is 388 g/mol. The van der Waals surface area contributed by atoms with Gasteiger partial charge in [-0.3, -0.25) is 0 Å². The maximum atomic E-state index is 10.5.